The molecular formula is C14H17FN2O3S. The van der Waals surface area contributed by atoms with E-state index in [1.165, 1.54) is 0 Å². The van der Waals surface area contributed by atoms with Crippen LogP contribution in [0.2, 0.25) is 0 Å². The number of carboxylic acids is 1. The number of thioether (sulfide) groups is 1. The summed E-state index contributed by atoms with van der Waals surface area (Å²) in [6.07, 6.45) is 4.89. The van der Waals surface area contributed by atoms with Crippen molar-refractivity contribution in [1.82, 2.24) is 5.32 Å². The Balaban J connectivity index is 1.96. The van der Waals surface area contributed by atoms with Gasteiger partial charge in [-0.25, -0.2) is 14.0 Å². The van der Waals surface area contributed by atoms with E-state index in [4.69, 9.17) is 5.11 Å². The molecule has 0 radical (unpaired) electrons. The maximum atomic E-state index is 13.6. The van der Waals surface area contributed by atoms with Gasteiger partial charge in [-0.3, -0.25) is 0 Å². The number of urea groups is 1. The Bertz CT molecular complexity index is 553. The molecule has 2 rings (SSSR count). The molecule has 7 heteroatoms. The van der Waals surface area contributed by atoms with E-state index in [1.807, 2.05) is 6.26 Å². The molecule has 5 nitrogen and oxygen atoms in total. The molecular weight excluding hydrogens is 295 g/mol. The van der Waals surface area contributed by atoms with Crippen LogP contribution in [0.15, 0.2) is 18.2 Å². The predicted octanol–water partition coefficient (Wildman–Crippen LogP) is 2.93. The van der Waals surface area contributed by atoms with Crippen LogP contribution >= 0.6 is 11.8 Å². The zero-order chi connectivity index (χ0) is 15.4. The van der Waals surface area contributed by atoms with Crippen molar-refractivity contribution in [2.45, 2.75) is 30.6 Å². The molecule has 0 heterocycles. The summed E-state index contributed by atoms with van der Waals surface area (Å²) in [6, 6.07) is 2.85. The SMILES string of the molecule is CSC1CCC(NC(=O)Nc2cc(C(=O)O)ccc2F)C1. The molecule has 2 amide bonds. The van der Waals surface area contributed by atoms with Gasteiger partial charge in [-0.2, -0.15) is 11.8 Å². The third-order valence-corrected chi connectivity index (χ3v) is 4.61. The van der Waals surface area contributed by atoms with Crippen molar-refractivity contribution in [1.29, 1.82) is 0 Å². The third kappa shape index (κ3) is 4.10. The van der Waals surface area contributed by atoms with Crippen molar-refractivity contribution in [2.24, 2.45) is 0 Å². The molecule has 0 spiro atoms. The second-order valence-electron chi connectivity index (χ2n) is 4.97. The van der Waals surface area contributed by atoms with E-state index < -0.39 is 17.8 Å². The van der Waals surface area contributed by atoms with Crippen LogP contribution in [0, 0.1) is 5.82 Å². The third-order valence-electron chi connectivity index (χ3n) is 3.51. The van der Waals surface area contributed by atoms with Gasteiger partial charge in [0.2, 0.25) is 0 Å². The number of aromatic carboxylic acids is 1. The summed E-state index contributed by atoms with van der Waals surface area (Å²) in [6.45, 7) is 0. The molecule has 0 aliphatic heterocycles. The topological polar surface area (TPSA) is 78.4 Å². The van der Waals surface area contributed by atoms with Crippen LogP contribution in [0.1, 0.15) is 29.6 Å². The number of carbonyl (C=O) groups excluding carboxylic acids is 1. The van der Waals surface area contributed by atoms with Gasteiger partial charge >= 0.3 is 12.0 Å². The molecule has 1 aromatic carbocycles. The van der Waals surface area contributed by atoms with Crippen LogP contribution in [-0.4, -0.2) is 34.7 Å². The highest BCUT2D eigenvalue weighted by Crippen LogP contribution is 2.28. The largest absolute Gasteiger partial charge is 0.478 e. The summed E-state index contributed by atoms with van der Waals surface area (Å²) >= 11 is 1.78. The number of carbonyl (C=O) groups is 2. The van der Waals surface area contributed by atoms with E-state index in [1.54, 1.807) is 11.8 Å². The standard InChI is InChI=1S/C14H17FN2O3S/c1-21-10-4-3-9(7-10)16-14(20)17-12-6-8(13(18)19)2-5-11(12)15/h2,5-6,9-10H,3-4,7H2,1H3,(H,18,19)(H2,16,17,20). The van der Waals surface area contributed by atoms with Gasteiger partial charge in [-0.1, -0.05) is 0 Å². The predicted molar refractivity (Wildman–Crippen MR) is 80.5 cm³/mol. The highest BCUT2D eigenvalue weighted by molar-refractivity contribution is 7.99. The van der Waals surface area contributed by atoms with Crippen LogP contribution in [0.4, 0.5) is 14.9 Å². The van der Waals surface area contributed by atoms with E-state index >= 15 is 0 Å². The minimum Gasteiger partial charge on any atom is -0.478 e. The number of benzene rings is 1. The molecule has 1 fully saturated rings. The Morgan fingerprint density at radius 1 is 1.38 bits per heavy atom. The lowest BCUT2D eigenvalue weighted by Gasteiger charge is -2.14. The molecule has 1 aliphatic carbocycles. The number of nitrogens with one attached hydrogen (secondary N) is 2. The molecule has 2 atom stereocenters. The summed E-state index contributed by atoms with van der Waals surface area (Å²) in [5.41, 5.74) is -0.207. The molecule has 114 valence electrons. The van der Waals surface area contributed by atoms with Crippen LogP contribution < -0.4 is 10.6 Å². The zero-order valence-corrected chi connectivity index (χ0v) is 12.4. The minimum absolute atomic E-state index is 0.0741. The molecule has 1 aliphatic rings. The van der Waals surface area contributed by atoms with Crippen molar-refractivity contribution in [2.75, 3.05) is 11.6 Å². The smallest absolute Gasteiger partial charge is 0.335 e. The average molecular weight is 312 g/mol. The van der Waals surface area contributed by atoms with Crippen molar-refractivity contribution in [3.8, 4) is 0 Å². The van der Waals surface area contributed by atoms with E-state index in [-0.39, 0.29) is 17.3 Å². The molecule has 0 aromatic heterocycles. The van der Waals surface area contributed by atoms with E-state index in [2.05, 4.69) is 10.6 Å². The highest BCUT2D eigenvalue weighted by Gasteiger charge is 2.25. The van der Waals surface area contributed by atoms with Gasteiger partial charge in [-0.15, -0.1) is 0 Å². The van der Waals surface area contributed by atoms with E-state index in [9.17, 15) is 14.0 Å². The van der Waals surface area contributed by atoms with Crippen LogP contribution in [0.5, 0.6) is 0 Å². The van der Waals surface area contributed by atoms with Gasteiger partial charge in [0.15, 0.2) is 0 Å². The van der Waals surface area contributed by atoms with Gasteiger partial charge in [0, 0.05) is 11.3 Å². The lowest BCUT2D eigenvalue weighted by atomic mass is 10.2. The summed E-state index contributed by atoms with van der Waals surface area (Å²) in [4.78, 5) is 22.7. The van der Waals surface area contributed by atoms with Crippen molar-refractivity contribution < 1.29 is 19.1 Å². The number of amides is 2. The summed E-state index contributed by atoms with van der Waals surface area (Å²) in [5.74, 6) is -1.83. The molecule has 1 aromatic rings. The van der Waals surface area contributed by atoms with Crippen LogP contribution in [0.25, 0.3) is 0 Å². The monoisotopic (exact) mass is 312 g/mol. The van der Waals surface area contributed by atoms with Crippen molar-refractivity contribution in [3.05, 3.63) is 29.6 Å². The molecule has 0 saturated heterocycles. The van der Waals surface area contributed by atoms with Gasteiger partial charge in [-0.05, 0) is 43.7 Å². The van der Waals surface area contributed by atoms with Crippen molar-refractivity contribution >= 4 is 29.4 Å². The summed E-state index contributed by atoms with van der Waals surface area (Å²) < 4.78 is 13.6. The second kappa shape index (κ2) is 6.80. The first-order valence-electron chi connectivity index (χ1n) is 6.62. The zero-order valence-electron chi connectivity index (χ0n) is 11.6. The van der Waals surface area contributed by atoms with Crippen LogP contribution in [0.3, 0.4) is 0 Å². The van der Waals surface area contributed by atoms with Gasteiger partial charge < -0.3 is 15.7 Å². The summed E-state index contributed by atoms with van der Waals surface area (Å²) in [7, 11) is 0. The minimum atomic E-state index is -1.17. The number of anilines is 1. The fourth-order valence-corrected chi connectivity index (χ4v) is 3.18. The summed E-state index contributed by atoms with van der Waals surface area (Å²) in [5, 5.41) is 14.6. The second-order valence-corrected chi connectivity index (χ2v) is 6.10. The van der Waals surface area contributed by atoms with E-state index in [0.717, 1.165) is 37.5 Å². The number of hydrogen-bond donors (Lipinski definition) is 3. The van der Waals surface area contributed by atoms with Crippen molar-refractivity contribution in [3.63, 3.8) is 0 Å². The number of hydrogen-bond acceptors (Lipinski definition) is 3. The maximum Gasteiger partial charge on any atom is 0.335 e. The lowest BCUT2D eigenvalue weighted by molar-refractivity contribution is 0.0697. The quantitative estimate of drug-likeness (QED) is 0.799. The number of carboxylic acid groups (broad SMARTS) is 1. The number of halogens is 1. The average Bonchev–Trinajstić information content (AvgIpc) is 2.88. The van der Waals surface area contributed by atoms with Gasteiger partial charge in [0.05, 0.1) is 11.3 Å². The van der Waals surface area contributed by atoms with Gasteiger partial charge in [0.1, 0.15) is 5.82 Å². The molecule has 1 saturated carbocycles. The molecule has 3 N–H and O–H groups in total. The van der Waals surface area contributed by atoms with E-state index in [0.29, 0.717) is 5.25 Å². The van der Waals surface area contributed by atoms with Crippen LogP contribution in [-0.2, 0) is 0 Å². The maximum absolute atomic E-state index is 13.6. The Kier molecular flexibility index (Phi) is 5.06. The molecule has 21 heavy (non-hydrogen) atoms. The Hall–Kier alpha value is -1.76. The Labute approximate surface area is 126 Å². The fraction of sp³-hybridized carbons (Fsp3) is 0.429. The Morgan fingerprint density at radius 3 is 2.76 bits per heavy atom. The normalized spacial score (nSPS) is 21.0. The highest BCUT2D eigenvalue weighted by atomic mass is 32.2. The fourth-order valence-electron chi connectivity index (χ4n) is 2.38. The Morgan fingerprint density at radius 2 is 2.14 bits per heavy atom. The van der Waals surface area contributed by atoms with Gasteiger partial charge in [0.25, 0.3) is 0 Å². The first kappa shape index (κ1) is 15.6. The molecule has 2 unspecified atom stereocenters. The first-order chi connectivity index (χ1) is 9.99. The lowest BCUT2D eigenvalue weighted by Crippen LogP contribution is -2.36. The first-order valence-corrected chi connectivity index (χ1v) is 7.91. The molecule has 0 bridgehead atoms. The number of rotatable bonds is 4.